The third-order valence-electron chi connectivity index (χ3n) is 2.33. The van der Waals surface area contributed by atoms with Gasteiger partial charge in [0.15, 0.2) is 0 Å². The van der Waals surface area contributed by atoms with Crippen LogP contribution in [0.3, 0.4) is 0 Å². The van der Waals surface area contributed by atoms with Gasteiger partial charge in [-0.2, -0.15) is 0 Å². The van der Waals surface area contributed by atoms with Crippen LogP contribution in [0.5, 0.6) is 0 Å². The van der Waals surface area contributed by atoms with Gasteiger partial charge in [0.25, 0.3) is 5.91 Å². The van der Waals surface area contributed by atoms with E-state index in [0.717, 1.165) is 0 Å². The maximum absolute atomic E-state index is 11.8. The maximum Gasteiger partial charge on any atom is 0.254 e. The molecule has 0 aliphatic carbocycles. The van der Waals surface area contributed by atoms with E-state index in [1.54, 1.807) is 7.11 Å². The van der Waals surface area contributed by atoms with Crippen LogP contribution in [0, 0.1) is 0 Å². The van der Waals surface area contributed by atoms with Gasteiger partial charge in [-0.15, -0.1) is 0 Å². The summed E-state index contributed by atoms with van der Waals surface area (Å²) in [6, 6.07) is 1.49. The Balaban J connectivity index is 2.74. The highest BCUT2D eigenvalue weighted by atomic mass is 35.5. The number of amides is 1. The van der Waals surface area contributed by atoms with Gasteiger partial charge >= 0.3 is 0 Å². The molecule has 94 valence electrons. The van der Waals surface area contributed by atoms with Gasteiger partial charge in [-0.05, 0) is 19.9 Å². The molecule has 1 aromatic rings. The zero-order valence-corrected chi connectivity index (χ0v) is 10.8. The van der Waals surface area contributed by atoms with Gasteiger partial charge in [-0.3, -0.25) is 4.79 Å². The molecule has 0 bridgehead atoms. The zero-order valence-electron chi connectivity index (χ0n) is 10.1. The monoisotopic (exact) mass is 257 g/mol. The summed E-state index contributed by atoms with van der Waals surface area (Å²) in [5.74, 6) is -0.320. The standard InChI is InChI=1S/C11H16ClN3O2/c1-11(2,17-3)6-15-10(16)8-4-7(13)5-14-9(8)12/h4-5H,6,13H2,1-3H3,(H,15,16). The summed E-state index contributed by atoms with van der Waals surface area (Å²) in [6.45, 7) is 4.10. The van der Waals surface area contributed by atoms with E-state index in [1.807, 2.05) is 13.8 Å². The highest BCUT2D eigenvalue weighted by Crippen LogP contribution is 2.15. The lowest BCUT2D eigenvalue weighted by Gasteiger charge is -2.23. The number of ether oxygens (including phenoxy) is 1. The number of carbonyl (C=O) groups excluding carboxylic acids is 1. The Labute approximate surface area is 105 Å². The van der Waals surface area contributed by atoms with E-state index < -0.39 is 5.60 Å². The Kier molecular flexibility index (Phi) is 4.31. The molecule has 1 aromatic heterocycles. The molecule has 1 amide bonds. The molecule has 0 atom stereocenters. The third kappa shape index (κ3) is 3.87. The molecule has 0 spiro atoms. The van der Waals surface area contributed by atoms with E-state index in [2.05, 4.69) is 10.3 Å². The Bertz CT molecular complexity index is 421. The first-order valence-electron chi connectivity index (χ1n) is 5.10. The van der Waals surface area contributed by atoms with Gasteiger partial charge in [0.1, 0.15) is 5.15 Å². The number of nitrogen functional groups attached to an aromatic ring is 1. The van der Waals surface area contributed by atoms with E-state index in [0.29, 0.717) is 12.2 Å². The van der Waals surface area contributed by atoms with Crippen molar-refractivity contribution in [1.29, 1.82) is 0 Å². The maximum atomic E-state index is 11.8. The SMILES string of the molecule is COC(C)(C)CNC(=O)c1cc(N)cnc1Cl. The number of hydrogen-bond donors (Lipinski definition) is 2. The highest BCUT2D eigenvalue weighted by Gasteiger charge is 2.19. The number of rotatable bonds is 4. The second-order valence-corrected chi connectivity index (χ2v) is 4.61. The van der Waals surface area contributed by atoms with Crippen molar-refractivity contribution in [2.75, 3.05) is 19.4 Å². The van der Waals surface area contributed by atoms with Gasteiger partial charge in [0.2, 0.25) is 0 Å². The van der Waals surface area contributed by atoms with Crippen LogP contribution < -0.4 is 11.1 Å². The van der Waals surface area contributed by atoms with Gasteiger partial charge in [0.05, 0.1) is 23.0 Å². The topological polar surface area (TPSA) is 77.2 Å². The summed E-state index contributed by atoms with van der Waals surface area (Å²) in [4.78, 5) is 15.6. The molecule has 6 heteroatoms. The van der Waals surface area contributed by atoms with Crippen molar-refractivity contribution >= 4 is 23.2 Å². The van der Waals surface area contributed by atoms with E-state index in [4.69, 9.17) is 22.1 Å². The van der Waals surface area contributed by atoms with Crippen LogP contribution in [0.2, 0.25) is 5.15 Å². The summed E-state index contributed by atoms with van der Waals surface area (Å²) in [7, 11) is 1.58. The minimum atomic E-state index is -0.435. The van der Waals surface area contributed by atoms with Crippen LogP contribution in [0.1, 0.15) is 24.2 Å². The lowest BCUT2D eigenvalue weighted by molar-refractivity contribution is 0.0229. The number of nitrogens with two attached hydrogens (primary N) is 1. The smallest absolute Gasteiger partial charge is 0.254 e. The van der Waals surface area contributed by atoms with Gasteiger partial charge in [0, 0.05) is 13.7 Å². The van der Waals surface area contributed by atoms with Crippen molar-refractivity contribution < 1.29 is 9.53 Å². The van der Waals surface area contributed by atoms with E-state index in [-0.39, 0.29) is 16.6 Å². The lowest BCUT2D eigenvalue weighted by Crippen LogP contribution is -2.39. The number of methoxy groups -OCH3 is 1. The summed E-state index contributed by atoms with van der Waals surface area (Å²) >= 11 is 5.82. The second kappa shape index (κ2) is 5.33. The largest absolute Gasteiger partial charge is 0.397 e. The fourth-order valence-electron chi connectivity index (χ4n) is 1.08. The molecule has 0 aliphatic heterocycles. The number of halogens is 1. The molecule has 3 N–H and O–H groups in total. The highest BCUT2D eigenvalue weighted by molar-refractivity contribution is 6.32. The number of anilines is 1. The molecule has 1 heterocycles. The van der Waals surface area contributed by atoms with Gasteiger partial charge in [-0.25, -0.2) is 4.98 Å². The number of aromatic nitrogens is 1. The lowest BCUT2D eigenvalue weighted by atomic mass is 10.1. The minimum Gasteiger partial charge on any atom is -0.397 e. The van der Waals surface area contributed by atoms with Crippen LogP contribution >= 0.6 is 11.6 Å². The number of carbonyl (C=O) groups is 1. The normalized spacial score (nSPS) is 11.3. The van der Waals surface area contributed by atoms with Crippen molar-refractivity contribution in [2.45, 2.75) is 19.4 Å². The molecule has 0 aromatic carbocycles. The number of hydrogen-bond acceptors (Lipinski definition) is 4. The predicted molar refractivity (Wildman–Crippen MR) is 67.1 cm³/mol. The fraction of sp³-hybridized carbons (Fsp3) is 0.455. The van der Waals surface area contributed by atoms with E-state index in [9.17, 15) is 4.79 Å². The van der Waals surface area contributed by atoms with Crippen molar-refractivity contribution in [3.63, 3.8) is 0 Å². The Morgan fingerprint density at radius 1 is 1.65 bits per heavy atom. The van der Waals surface area contributed by atoms with Crippen molar-refractivity contribution in [1.82, 2.24) is 10.3 Å². The van der Waals surface area contributed by atoms with E-state index in [1.165, 1.54) is 12.3 Å². The Morgan fingerprint density at radius 2 is 2.29 bits per heavy atom. The van der Waals surface area contributed by atoms with Crippen LogP contribution in [0.15, 0.2) is 12.3 Å². The molecule has 1 rings (SSSR count). The zero-order chi connectivity index (χ0) is 13.1. The van der Waals surface area contributed by atoms with Crippen molar-refractivity contribution in [2.24, 2.45) is 0 Å². The molecule has 5 nitrogen and oxygen atoms in total. The Morgan fingerprint density at radius 3 is 2.88 bits per heavy atom. The molecule has 0 radical (unpaired) electrons. The number of pyridine rings is 1. The molecule has 0 saturated carbocycles. The minimum absolute atomic E-state index is 0.131. The number of nitrogens with zero attached hydrogens (tertiary/aromatic N) is 1. The van der Waals surface area contributed by atoms with Gasteiger partial charge in [-0.1, -0.05) is 11.6 Å². The molecule has 17 heavy (non-hydrogen) atoms. The van der Waals surface area contributed by atoms with E-state index >= 15 is 0 Å². The molecular formula is C11H16ClN3O2. The first-order valence-corrected chi connectivity index (χ1v) is 5.48. The van der Waals surface area contributed by atoms with Crippen LogP contribution in [-0.4, -0.2) is 30.1 Å². The predicted octanol–water partition coefficient (Wildman–Crippen LogP) is 1.47. The second-order valence-electron chi connectivity index (χ2n) is 4.25. The molecule has 0 saturated heterocycles. The summed E-state index contributed by atoms with van der Waals surface area (Å²) in [6.07, 6.45) is 1.40. The van der Waals surface area contributed by atoms with Crippen LogP contribution in [0.25, 0.3) is 0 Å². The number of nitrogens with one attached hydrogen (secondary N) is 1. The van der Waals surface area contributed by atoms with Crippen molar-refractivity contribution in [3.05, 3.63) is 23.0 Å². The third-order valence-corrected chi connectivity index (χ3v) is 2.63. The summed E-state index contributed by atoms with van der Waals surface area (Å²) in [5, 5.41) is 2.85. The first-order chi connectivity index (χ1) is 7.85. The molecule has 0 aliphatic rings. The van der Waals surface area contributed by atoms with Crippen LogP contribution in [0.4, 0.5) is 5.69 Å². The average molecular weight is 258 g/mol. The van der Waals surface area contributed by atoms with Crippen LogP contribution in [-0.2, 0) is 4.74 Å². The fourth-order valence-corrected chi connectivity index (χ4v) is 1.27. The van der Waals surface area contributed by atoms with Gasteiger partial charge < -0.3 is 15.8 Å². The quantitative estimate of drug-likeness (QED) is 0.801. The molecule has 0 fully saturated rings. The molecular weight excluding hydrogens is 242 g/mol. The first kappa shape index (κ1) is 13.7. The van der Waals surface area contributed by atoms with Crippen molar-refractivity contribution in [3.8, 4) is 0 Å². The molecule has 0 unspecified atom stereocenters. The summed E-state index contributed by atoms with van der Waals surface area (Å²) in [5.41, 5.74) is 5.77. The Hall–Kier alpha value is -1.33. The summed E-state index contributed by atoms with van der Waals surface area (Å²) < 4.78 is 5.19. The average Bonchev–Trinajstić information content (AvgIpc) is 2.29.